The average Bonchev–Trinajstić information content (AvgIpc) is 2.78. The number of carbonyl (C=O) groups excluding carboxylic acids is 2. The van der Waals surface area contributed by atoms with Gasteiger partial charge in [0.05, 0.1) is 19.3 Å². The van der Waals surface area contributed by atoms with Crippen molar-refractivity contribution in [3.63, 3.8) is 0 Å². The molecule has 2 rings (SSSR count). The van der Waals surface area contributed by atoms with Gasteiger partial charge in [0.25, 0.3) is 0 Å². The number of rotatable bonds is 4. The minimum absolute atomic E-state index is 0.00902. The molecule has 0 saturated carbocycles. The zero-order valence-corrected chi connectivity index (χ0v) is 12.9. The molecule has 0 aromatic heterocycles. The number of esters is 1. The summed E-state index contributed by atoms with van der Waals surface area (Å²) in [5.41, 5.74) is 1.07. The molecular formula is C13H14BrNO3S. The molecule has 1 heterocycles. The molecule has 1 fully saturated rings. The molecule has 1 atom stereocenters. The van der Waals surface area contributed by atoms with Crippen molar-refractivity contribution in [3.8, 4) is 0 Å². The lowest BCUT2D eigenvalue weighted by Crippen LogP contribution is -2.30. The first-order valence-corrected chi connectivity index (χ1v) is 7.69. The second kappa shape index (κ2) is 6.43. The molecule has 0 aliphatic carbocycles. The second-order valence-electron chi connectivity index (χ2n) is 4.13. The monoisotopic (exact) mass is 343 g/mol. The van der Waals surface area contributed by atoms with Gasteiger partial charge < -0.3 is 9.64 Å². The summed E-state index contributed by atoms with van der Waals surface area (Å²) in [4.78, 5) is 24.8. The minimum Gasteiger partial charge on any atom is -0.469 e. The summed E-state index contributed by atoms with van der Waals surface area (Å²) in [5.74, 6) is 0.239. The van der Waals surface area contributed by atoms with Crippen LogP contribution >= 0.6 is 27.7 Å². The third kappa shape index (κ3) is 3.51. The Morgan fingerprint density at radius 1 is 1.47 bits per heavy atom. The molecule has 1 amide bonds. The van der Waals surface area contributed by atoms with E-state index in [1.807, 2.05) is 24.3 Å². The highest BCUT2D eigenvalue weighted by molar-refractivity contribution is 9.10. The first-order valence-electron chi connectivity index (χ1n) is 5.85. The summed E-state index contributed by atoms with van der Waals surface area (Å²) in [7, 11) is 1.36. The van der Waals surface area contributed by atoms with Gasteiger partial charge in [0.15, 0.2) is 0 Å². The van der Waals surface area contributed by atoms with Gasteiger partial charge in [-0.15, -0.1) is 11.8 Å². The molecule has 0 spiro atoms. The van der Waals surface area contributed by atoms with Crippen LogP contribution in [-0.2, 0) is 14.3 Å². The quantitative estimate of drug-likeness (QED) is 0.788. The van der Waals surface area contributed by atoms with Gasteiger partial charge in [-0.25, -0.2) is 0 Å². The van der Waals surface area contributed by atoms with Crippen LogP contribution in [0.3, 0.4) is 0 Å². The van der Waals surface area contributed by atoms with Crippen molar-refractivity contribution in [1.29, 1.82) is 0 Å². The van der Waals surface area contributed by atoms with Crippen LogP contribution in [0.4, 0.5) is 0 Å². The number of hydrogen-bond donors (Lipinski definition) is 0. The van der Waals surface area contributed by atoms with Gasteiger partial charge in [-0.1, -0.05) is 28.1 Å². The van der Waals surface area contributed by atoms with E-state index in [2.05, 4.69) is 20.7 Å². The number of carbonyl (C=O) groups is 2. The van der Waals surface area contributed by atoms with Crippen LogP contribution in [0.1, 0.15) is 17.4 Å². The number of hydrogen-bond acceptors (Lipinski definition) is 4. The topological polar surface area (TPSA) is 46.6 Å². The molecule has 102 valence electrons. The third-order valence-corrected chi connectivity index (χ3v) is 4.69. The molecule has 19 heavy (non-hydrogen) atoms. The molecule has 1 aliphatic heterocycles. The zero-order valence-electron chi connectivity index (χ0n) is 10.5. The number of thioether (sulfide) groups is 1. The summed E-state index contributed by atoms with van der Waals surface area (Å²) in [6.07, 6.45) is 0.232. The van der Waals surface area contributed by atoms with Crippen LogP contribution in [0.2, 0.25) is 0 Å². The summed E-state index contributed by atoms with van der Waals surface area (Å²) in [6.45, 7) is 0.402. The predicted molar refractivity (Wildman–Crippen MR) is 77.7 cm³/mol. The lowest BCUT2D eigenvalue weighted by atomic mass is 10.2. The van der Waals surface area contributed by atoms with Gasteiger partial charge in [-0.2, -0.15) is 0 Å². The first-order chi connectivity index (χ1) is 9.11. The van der Waals surface area contributed by atoms with E-state index in [9.17, 15) is 9.59 Å². The van der Waals surface area contributed by atoms with Gasteiger partial charge in [-0.05, 0) is 17.7 Å². The van der Waals surface area contributed by atoms with Crippen molar-refractivity contribution >= 4 is 39.6 Å². The maximum Gasteiger partial charge on any atom is 0.307 e. The van der Waals surface area contributed by atoms with Crippen molar-refractivity contribution in [2.45, 2.75) is 11.8 Å². The van der Waals surface area contributed by atoms with Crippen molar-refractivity contribution in [2.75, 3.05) is 19.4 Å². The minimum atomic E-state index is -0.292. The summed E-state index contributed by atoms with van der Waals surface area (Å²) >= 11 is 4.98. The smallest absolute Gasteiger partial charge is 0.307 e. The Morgan fingerprint density at radius 2 is 2.16 bits per heavy atom. The maximum atomic E-state index is 11.9. The highest BCUT2D eigenvalue weighted by atomic mass is 79.9. The van der Waals surface area contributed by atoms with E-state index in [1.165, 1.54) is 7.11 Å². The molecule has 0 bridgehead atoms. The molecule has 1 aromatic carbocycles. The average molecular weight is 344 g/mol. The molecule has 0 N–H and O–H groups in total. The van der Waals surface area contributed by atoms with Crippen LogP contribution in [0, 0.1) is 0 Å². The normalized spacial score (nSPS) is 18.7. The Bertz CT molecular complexity index is 477. The van der Waals surface area contributed by atoms with E-state index < -0.39 is 0 Å². The maximum absolute atomic E-state index is 11.9. The molecule has 4 nitrogen and oxygen atoms in total. The number of methoxy groups -OCH3 is 1. The van der Waals surface area contributed by atoms with Crippen molar-refractivity contribution < 1.29 is 14.3 Å². The number of nitrogens with zero attached hydrogens (tertiary/aromatic N) is 1. The number of halogens is 1. The molecule has 1 saturated heterocycles. The lowest BCUT2D eigenvalue weighted by molar-refractivity contribution is -0.141. The van der Waals surface area contributed by atoms with E-state index in [0.29, 0.717) is 12.3 Å². The standard InChI is InChI=1S/C13H14BrNO3S/c1-18-12(17)6-7-15-11(16)8-19-13(15)9-2-4-10(14)5-3-9/h2-5,13H,6-8H2,1H3/t13-/m1/s1. The lowest BCUT2D eigenvalue weighted by Gasteiger charge is -2.23. The van der Waals surface area contributed by atoms with Crippen LogP contribution in [0.25, 0.3) is 0 Å². The van der Waals surface area contributed by atoms with Gasteiger partial charge in [0.2, 0.25) is 5.91 Å². The van der Waals surface area contributed by atoms with Gasteiger partial charge in [0, 0.05) is 11.0 Å². The van der Waals surface area contributed by atoms with Crippen molar-refractivity contribution in [1.82, 2.24) is 4.90 Å². The molecule has 0 radical (unpaired) electrons. The fraction of sp³-hybridized carbons (Fsp3) is 0.385. The van der Waals surface area contributed by atoms with Gasteiger partial charge >= 0.3 is 5.97 Å². The van der Waals surface area contributed by atoms with Crippen LogP contribution in [-0.4, -0.2) is 36.2 Å². The number of amides is 1. The van der Waals surface area contributed by atoms with E-state index >= 15 is 0 Å². The highest BCUT2D eigenvalue weighted by Crippen LogP contribution is 2.38. The third-order valence-electron chi connectivity index (χ3n) is 2.91. The molecule has 1 aromatic rings. The fourth-order valence-electron chi connectivity index (χ4n) is 1.91. The van der Waals surface area contributed by atoms with Crippen molar-refractivity contribution in [3.05, 3.63) is 34.3 Å². The number of benzene rings is 1. The summed E-state index contributed by atoms with van der Waals surface area (Å²) < 4.78 is 5.62. The summed E-state index contributed by atoms with van der Waals surface area (Å²) in [5, 5.41) is -0.00902. The zero-order chi connectivity index (χ0) is 13.8. The number of ether oxygens (including phenoxy) is 1. The SMILES string of the molecule is COC(=O)CCN1C(=O)CS[C@@H]1c1ccc(Br)cc1. The van der Waals surface area contributed by atoms with Crippen molar-refractivity contribution in [2.24, 2.45) is 0 Å². The molecular weight excluding hydrogens is 330 g/mol. The van der Waals surface area contributed by atoms with Crippen LogP contribution in [0.15, 0.2) is 28.7 Å². The van der Waals surface area contributed by atoms with Gasteiger partial charge in [-0.3, -0.25) is 9.59 Å². The Labute approximate surface area is 124 Å². The van der Waals surface area contributed by atoms with E-state index in [4.69, 9.17) is 0 Å². The van der Waals surface area contributed by atoms with Crippen LogP contribution < -0.4 is 0 Å². The Balaban J connectivity index is 2.08. The van der Waals surface area contributed by atoms with Crippen LogP contribution in [0.5, 0.6) is 0 Å². The fourth-order valence-corrected chi connectivity index (χ4v) is 3.40. The summed E-state index contributed by atoms with van der Waals surface area (Å²) in [6, 6.07) is 7.89. The molecule has 0 unspecified atom stereocenters. The first kappa shape index (κ1) is 14.4. The largest absolute Gasteiger partial charge is 0.469 e. The van der Waals surface area contributed by atoms with Gasteiger partial charge in [0.1, 0.15) is 5.37 Å². The van der Waals surface area contributed by atoms with E-state index in [-0.39, 0.29) is 23.7 Å². The van der Waals surface area contributed by atoms with E-state index in [0.717, 1.165) is 10.0 Å². The Morgan fingerprint density at radius 3 is 2.79 bits per heavy atom. The Hall–Kier alpha value is -1.01. The van der Waals surface area contributed by atoms with E-state index in [1.54, 1.807) is 16.7 Å². The Kier molecular flexibility index (Phi) is 4.87. The molecule has 6 heteroatoms. The second-order valence-corrected chi connectivity index (χ2v) is 6.11. The highest BCUT2D eigenvalue weighted by Gasteiger charge is 2.32. The molecule has 1 aliphatic rings. The predicted octanol–water partition coefficient (Wildman–Crippen LogP) is 2.59.